The van der Waals surface area contributed by atoms with E-state index in [1.54, 1.807) is 32.4 Å². The predicted octanol–water partition coefficient (Wildman–Crippen LogP) is 2.16. The third-order valence-electron chi connectivity index (χ3n) is 2.82. The van der Waals surface area contributed by atoms with Crippen LogP contribution in [0.5, 0.6) is 11.5 Å². The number of benzene rings is 1. The van der Waals surface area contributed by atoms with E-state index in [2.05, 4.69) is 12.2 Å². The van der Waals surface area contributed by atoms with Crippen LogP contribution in [-0.2, 0) is 4.79 Å². The van der Waals surface area contributed by atoms with Crippen molar-refractivity contribution in [3.63, 3.8) is 0 Å². The van der Waals surface area contributed by atoms with Crippen LogP contribution < -0.4 is 20.5 Å². The fourth-order valence-electron chi connectivity index (χ4n) is 1.67. The minimum atomic E-state index is -0.489. The Morgan fingerprint density at radius 3 is 2.32 bits per heavy atom. The van der Waals surface area contributed by atoms with Gasteiger partial charge in [-0.15, -0.1) is 0 Å². The summed E-state index contributed by atoms with van der Waals surface area (Å²) < 4.78 is 10.3. The number of nitrogens with two attached hydrogens (primary N) is 1. The molecule has 0 aliphatic carbocycles. The van der Waals surface area contributed by atoms with E-state index in [0.717, 1.165) is 12.8 Å². The average molecular weight is 266 g/mol. The molecule has 1 rings (SSSR count). The van der Waals surface area contributed by atoms with Gasteiger partial charge in [0.15, 0.2) is 0 Å². The van der Waals surface area contributed by atoms with E-state index in [1.807, 2.05) is 0 Å². The summed E-state index contributed by atoms with van der Waals surface area (Å²) >= 11 is 0. The van der Waals surface area contributed by atoms with Gasteiger partial charge < -0.3 is 20.5 Å². The van der Waals surface area contributed by atoms with Crippen LogP contribution in [0.3, 0.4) is 0 Å². The van der Waals surface area contributed by atoms with E-state index in [1.165, 1.54) is 0 Å². The van der Waals surface area contributed by atoms with Crippen molar-refractivity contribution in [1.82, 2.24) is 0 Å². The molecule has 0 radical (unpaired) electrons. The smallest absolute Gasteiger partial charge is 0.241 e. The van der Waals surface area contributed by atoms with Crippen LogP contribution in [-0.4, -0.2) is 26.2 Å². The van der Waals surface area contributed by atoms with Crippen molar-refractivity contribution in [3.8, 4) is 11.5 Å². The Labute approximate surface area is 114 Å². The average Bonchev–Trinajstić information content (AvgIpc) is 2.43. The molecule has 1 amide bonds. The van der Waals surface area contributed by atoms with Gasteiger partial charge in [-0.3, -0.25) is 4.79 Å². The minimum absolute atomic E-state index is 0.191. The third kappa shape index (κ3) is 4.79. The molecule has 0 spiro atoms. The van der Waals surface area contributed by atoms with E-state index in [0.29, 0.717) is 23.6 Å². The monoisotopic (exact) mass is 266 g/mol. The maximum Gasteiger partial charge on any atom is 0.241 e. The summed E-state index contributed by atoms with van der Waals surface area (Å²) in [5, 5.41) is 2.78. The summed E-state index contributed by atoms with van der Waals surface area (Å²) in [5.41, 5.74) is 6.44. The second kappa shape index (κ2) is 7.63. The first kappa shape index (κ1) is 15.3. The van der Waals surface area contributed by atoms with Gasteiger partial charge in [-0.2, -0.15) is 0 Å². The number of rotatable bonds is 7. The number of carbonyl (C=O) groups excluding carboxylic acids is 1. The quantitative estimate of drug-likeness (QED) is 0.793. The van der Waals surface area contributed by atoms with E-state index in [-0.39, 0.29) is 5.91 Å². The molecular formula is C14H22N2O3. The van der Waals surface area contributed by atoms with Gasteiger partial charge in [0.2, 0.25) is 5.91 Å². The van der Waals surface area contributed by atoms with Crippen LogP contribution in [0.2, 0.25) is 0 Å². The van der Waals surface area contributed by atoms with Crippen molar-refractivity contribution in [2.24, 2.45) is 5.73 Å². The Morgan fingerprint density at radius 2 is 1.84 bits per heavy atom. The first-order chi connectivity index (χ1) is 9.10. The van der Waals surface area contributed by atoms with Gasteiger partial charge >= 0.3 is 0 Å². The zero-order valence-electron chi connectivity index (χ0n) is 11.7. The van der Waals surface area contributed by atoms with Gasteiger partial charge in [0.05, 0.1) is 20.3 Å². The lowest BCUT2D eigenvalue weighted by molar-refractivity contribution is -0.117. The van der Waals surface area contributed by atoms with Crippen LogP contribution in [0, 0.1) is 0 Å². The minimum Gasteiger partial charge on any atom is -0.497 e. The second-order valence-electron chi connectivity index (χ2n) is 4.34. The molecule has 0 aliphatic heterocycles. The fourth-order valence-corrected chi connectivity index (χ4v) is 1.67. The standard InChI is InChI=1S/C14H22N2O3/c1-4-5-6-13(15)14(17)16-10-7-11(18-2)9-12(8-10)19-3/h7-9,13H,4-6,15H2,1-3H3,(H,16,17). The topological polar surface area (TPSA) is 73.6 Å². The Kier molecular flexibility index (Phi) is 6.15. The molecule has 106 valence electrons. The first-order valence-electron chi connectivity index (χ1n) is 6.40. The number of ether oxygens (including phenoxy) is 2. The Morgan fingerprint density at radius 1 is 1.26 bits per heavy atom. The molecule has 1 aromatic rings. The highest BCUT2D eigenvalue weighted by Gasteiger charge is 2.13. The van der Waals surface area contributed by atoms with Crippen molar-refractivity contribution in [2.75, 3.05) is 19.5 Å². The van der Waals surface area contributed by atoms with E-state index < -0.39 is 6.04 Å². The molecule has 3 N–H and O–H groups in total. The van der Waals surface area contributed by atoms with Gasteiger partial charge in [-0.1, -0.05) is 19.8 Å². The number of amides is 1. The maximum atomic E-state index is 11.9. The summed E-state index contributed by atoms with van der Waals surface area (Å²) in [5.74, 6) is 1.05. The van der Waals surface area contributed by atoms with Gasteiger partial charge in [0.25, 0.3) is 0 Å². The molecule has 0 saturated carbocycles. The Bertz CT molecular complexity index is 399. The summed E-state index contributed by atoms with van der Waals surface area (Å²) in [4.78, 5) is 11.9. The molecule has 0 bridgehead atoms. The third-order valence-corrected chi connectivity index (χ3v) is 2.82. The number of carbonyl (C=O) groups is 1. The highest BCUT2D eigenvalue weighted by atomic mass is 16.5. The zero-order chi connectivity index (χ0) is 14.3. The molecule has 5 heteroatoms. The molecule has 19 heavy (non-hydrogen) atoms. The van der Waals surface area contributed by atoms with Crippen molar-refractivity contribution in [3.05, 3.63) is 18.2 Å². The molecular weight excluding hydrogens is 244 g/mol. The largest absolute Gasteiger partial charge is 0.497 e. The van der Waals surface area contributed by atoms with Gasteiger partial charge in [-0.05, 0) is 6.42 Å². The highest BCUT2D eigenvalue weighted by molar-refractivity contribution is 5.95. The highest BCUT2D eigenvalue weighted by Crippen LogP contribution is 2.25. The lowest BCUT2D eigenvalue weighted by Gasteiger charge is -2.13. The molecule has 0 aliphatic rings. The number of hydrogen-bond donors (Lipinski definition) is 2. The van der Waals surface area contributed by atoms with E-state index in [9.17, 15) is 4.79 Å². The fraction of sp³-hybridized carbons (Fsp3) is 0.500. The predicted molar refractivity (Wildman–Crippen MR) is 75.7 cm³/mol. The van der Waals surface area contributed by atoms with Crippen LogP contribution in [0.4, 0.5) is 5.69 Å². The SMILES string of the molecule is CCCCC(N)C(=O)Nc1cc(OC)cc(OC)c1. The van der Waals surface area contributed by atoms with Gasteiger partial charge in [0, 0.05) is 23.9 Å². The number of hydrogen-bond acceptors (Lipinski definition) is 4. The maximum absolute atomic E-state index is 11.9. The summed E-state index contributed by atoms with van der Waals surface area (Å²) in [7, 11) is 3.13. The van der Waals surface area contributed by atoms with Crippen molar-refractivity contribution in [2.45, 2.75) is 32.2 Å². The Balaban J connectivity index is 2.72. The Hall–Kier alpha value is -1.75. The van der Waals surface area contributed by atoms with E-state index >= 15 is 0 Å². The van der Waals surface area contributed by atoms with Crippen molar-refractivity contribution < 1.29 is 14.3 Å². The summed E-state index contributed by atoms with van der Waals surface area (Å²) in [6, 6.07) is 4.71. The molecule has 1 aromatic carbocycles. The summed E-state index contributed by atoms with van der Waals surface area (Å²) in [6.45, 7) is 2.07. The molecule has 0 fully saturated rings. The number of unbranched alkanes of at least 4 members (excludes halogenated alkanes) is 1. The zero-order valence-corrected chi connectivity index (χ0v) is 11.7. The molecule has 5 nitrogen and oxygen atoms in total. The number of anilines is 1. The normalized spacial score (nSPS) is 11.8. The molecule has 0 saturated heterocycles. The van der Waals surface area contributed by atoms with E-state index in [4.69, 9.17) is 15.2 Å². The molecule has 1 atom stereocenters. The lowest BCUT2D eigenvalue weighted by Crippen LogP contribution is -2.35. The van der Waals surface area contributed by atoms with Crippen LogP contribution in [0.15, 0.2) is 18.2 Å². The van der Waals surface area contributed by atoms with Crippen LogP contribution >= 0.6 is 0 Å². The van der Waals surface area contributed by atoms with Crippen molar-refractivity contribution >= 4 is 11.6 Å². The second-order valence-corrected chi connectivity index (χ2v) is 4.34. The molecule has 1 unspecified atom stereocenters. The van der Waals surface area contributed by atoms with Crippen LogP contribution in [0.25, 0.3) is 0 Å². The van der Waals surface area contributed by atoms with Crippen molar-refractivity contribution in [1.29, 1.82) is 0 Å². The number of methoxy groups -OCH3 is 2. The summed E-state index contributed by atoms with van der Waals surface area (Å²) in [6.07, 6.45) is 2.65. The lowest BCUT2D eigenvalue weighted by atomic mass is 10.1. The number of nitrogens with one attached hydrogen (secondary N) is 1. The van der Waals surface area contributed by atoms with Gasteiger partial charge in [0.1, 0.15) is 11.5 Å². The molecule has 0 aromatic heterocycles. The first-order valence-corrected chi connectivity index (χ1v) is 6.40. The molecule has 0 heterocycles. The van der Waals surface area contributed by atoms with Gasteiger partial charge in [-0.25, -0.2) is 0 Å². The van der Waals surface area contributed by atoms with Crippen LogP contribution in [0.1, 0.15) is 26.2 Å².